The third-order valence-electron chi connectivity index (χ3n) is 2.97. The Morgan fingerprint density at radius 2 is 2.05 bits per heavy atom. The van der Waals surface area contributed by atoms with Crippen LogP contribution in [0.15, 0.2) is 12.1 Å². The number of anilines is 2. The molecule has 19 heavy (non-hydrogen) atoms. The molecule has 1 aromatic heterocycles. The molecule has 2 N–H and O–H groups in total. The molecular formula is C13H22N4O2. The van der Waals surface area contributed by atoms with Crippen molar-refractivity contribution in [3.8, 4) is 0 Å². The van der Waals surface area contributed by atoms with Crippen LogP contribution in [0.2, 0.25) is 0 Å². The Morgan fingerprint density at radius 3 is 2.58 bits per heavy atom. The number of aromatic nitrogens is 1. The van der Waals surface area contributed by atoms with Crippen LogP contribution in [0.4, 0.5) is 17.3 Å². The molecule has 6 nitrogen and oxygen atoms in total. The molecule has 0 fully saturated rings. The fourth-order valence-corrected chi connectivity index (χ4v) is 1.45. The van der Waals surface area contributed by atoms with Gasteiger partial charge in [-0.25, -0.2) is 4.98 Å². The molecule has 0 unspecified atom stereocenters. The van der Waals surface area contributed by atoms with Crippen molar-refractivity contribution in [2.75, 3.05) is 17.2 Å². The molecule has 0 saturated carbocycles. The highest BCUT2D eigenvalue weighted by Gasteiger charge is 2.22. The number of rotatable bonds is 7. The van der Waals surface area contributed by atoms with Gasteiger partial charge in [-0.05, 0) is 32.8 Å². The summed E-state index contributed by atoms with van der Waals surface area (Å²) in [4.78, 5) is 14.9. The van der Waals surface area contributed by atoms with Crippen LogP contribution in [0.1, 0.15) is 40.5 Å². The molecule has 6 heteroatoms. The molecule has 0 spiro atoms. The van der Waals surface area contributed by atoms with Gasteiger partial charge in [0.15, 0.2) is 0 Å². The molecule has 1 heterocycles. The van der Waals surface area contributed by atoms with Crippen LogP contribution in [0.25, 0.3) is 0 Å². The second-order valence-electron chi connectivity index (χ2n) is 5.11. The van der Waals surface area contributed by atoms with E-state index in [4.69, 9.17) is 0 Å². The second kappa shape index (κ2) is 6.36. The molecule has 1 aromatic rings. The number of hydrogen-bond donors (Lipinski definition) is 2. The van der Waals surface area contributed by atoms with E-state index >= 15 is 0 Å². The SMILES string of the molecule is CCCNc1ccc([N+](=O)[O-])c(NC(C)(C)CC)n1. The topological polar surface area (TPSA) is 80.1 Å². The van der Waals surface area contributed by atoms with Gasteiger partial charge in [0.1, 0.15) is 5.82 Å². The first-order chi connectivity index (χ1) is 8.89. The Hall–Kier alpha value is -1.85. The van der Waals surface area contributed by atoms with Gasteiger partial charge in [-0.2, -0.15) is 0 Å². The summed E-state index contributed by atoms with van der Waals surface area (Å²) in [6.45, 7) is 8.85. The van der Waals surface area contributed by atoms with Gasteiger partial charge in [-0.15, -0.1) is 0 Å². The van der Waals surface area contributed by atoms with E-state index in [9.17, 15) is 10.1 Å². The van der Waals surface area contributed by atoms with Crippen molar-refractivity contribution in [1.82, 2.24) is 4.98 Å². The first-order valence-electron chi connectivity index (χ1n) is 6.57. The molecule has 0 amide bonds. The van der Waals surface area contributed by atoms with Gasteiger partial charge >= 0.3 is 5.69 Å². The van der Waals surface area contributed by atoms with E-state index in [-0.39, 0.29) is 11.2 Å². The second-order valence-corrected chi connectivity index (χ2v) is 5.11. The predicted octanol–water partition coefficient (Wildman–Crippen LogP) is 3.41. The van der Waals surface area contributed by atoms with Crippen LogP contribution >= 0.6 is 0 Å². The van der Waals surface area contributed by atoms with E-state index in [0.717, 1.165) is 19.4 Å². The van der Waals surface area contributed by atoms with Gasteiger partial charge in [-0.3, -0.25) is 10.1 Å². The summed E-state index contributed by atoms with van der Waals surface area (Å²) < 4.78 is 0. The van der Waals surface area contributed by atoms with Crippen molar-refractivity contribution in [1.29, 1.82) is 0 Å². The lowest BCUT2D eigenvalue weighted by molar-refractivity contribution is -0.384. The maximum absolute atomic E-state index is 11.0. The summed E-state index contributed by atoms with van der Waals surface area (Å²) in [7, 11) is 0. The van der Waals surface area contributed by atoms with E-state index in [1.165, 1.54) is 6.07 Å². The van der Waals surface area contributed by atoms with Gasteiger partial charge < -0.3 is 10.6 Å². The van der Waals surface area contributed by atoms with Gasteiger partial charge in [0.2, 0.25) is 5.82 Å². The predicted molar refractivity (Wildman–Crippen MR) is 77.7 cm³/mol. The Bertz CT molecular complexity index is 446. The highest BCUT2D eigenvalue weighted by molar-refractivity contribution is 5.61. The first kappa shape index (κ1) is 15.2. The number of nitro groups is 1. The summed E-state index contributed by atoms with van der Waals surface area (Å²) in [5.74, 6) is 0.972. The average Bonchev–Trinajstić information content (AvgIpc) is 2.35. The van der Waals surface area contributed by atoms with Crippen LogP contribution in [0.5, 0.6) is 0 Å². The Morgan fingerprint density at radius 1 is 1.37 bits per heavy atom. The zero-order valence-electron chi connectivity index (χ0n) is 12.0. The lowest BCUT2D eigenvalue weighted by Gasteiger charge is -2.25. The molecular weight excluding hydrogens is 244 g/mol. The number of nitrogens with zero attached hydrogens (tertiary/aromatic N) is 2. The minimum absolute atomic E-state index is 0.00331. The highest BCUT2D eigenvalue weighted by Crippen LogP contribution is 2.27. The Kier molecular flexibility index (Phi) is 5.09. The van der Waals surface area contributed by atoms with Gasteiger partial charge in [0, 0.05) is 18.2 Å². The lowest BCUT2D eigenvalue weighted by Crippen LogP contribution is -2.30. The van der Waals surface area contributed by atoms with Gasteiger partial charge in [0.05, 0.1) is 4.92 Å². The largest absolute Gasteiger partial charge is 0.370 e. The van der Waals surface area contributed by atoms with Crippen molar-refractivity contribution in [2.24, 2.45) is 0 Å². The van der Waals surface area contributed by atoms with Crippen LogP contribution < -0.4 is 10.6 Å². The van der Waals surface area contributed by atoms with E-state index in [2.05, 4.69) is 22.5 Å². The maximum atomic E-state index is 11.0. The van der Waals surface area contributed by atoms with E-state index in [1.54, 1.807) is 6.07 Å². The van der Waals surface area contributed by atoms with Gasteiger partial charge in [0.25, 0.3) is 0 Å². The molecule has 0 saturated heterocycles. The van der Waals surface area contributed by atoms with Crippen molar-refractivity contribution in [3.05, 3.63) is 22.2 Å². The zero-order chi connectivity index (χ0) is 14.5. The maximum Gasteiger partial charge on any atom is 0.311 e. The standard InChI is InChI=1S/C13H22N4O2/c1-5-9-14-11-8-7-10(17(18)19)12(15-11)16-13(3,4)6-2/h7-8H,5-6,9H2,1-4H3,(H2,14,15,16). The molecule has 0 aromatic carbocycles. The van der Waals surface area contributed by atoms with E-state index in [1.807, 2.05) is 20.8 Å². The molecule has 1 rings (SSSR count). The van der Waals surface area contributed by atoms with Crippen molar-refractivity contribution < 1.29 is 4.92 Å². The summed E-state index contributed by atoms with van der Waals surface area (Å²) in [6.07, 6.45) is 1.82. The van der Waals surface area contributed by atoms with Crippen LogP contribution in [0.3, 0.4) is 0 Å². The summed E-state index contributed by atoms with van der Waals surface area (Å²) in [6, 6.07) is 3.12. The normalized spacial score (nSPS) is 11.2. The monoisotopic (exact) mass is 266 g/mol. The first-order valence-corrected chi connectivity index (χ1v) is 6.57. The highest BCUT2D eigenvalue weighted by atomic mass is 16.6. The van der Waals surface area contributed by atoms with Crippen molar-refractivity contribution >= 4 is 17.3 Å². The number of nitrogens with one attached hydrogen (secondary N) is 2. The molecule has 0 aliphatic carbocycles. The third-order valence-corrected chi connectivity index (χ3v) is 2.97. The van der Waals surface area contributed by atoms with Crippen molar-refractivity contribution in [2.45, 2.75) is 46.1 Å². The minimum atomic E-state index is -0.412. The quantitative estimate of drug-likeness (QED) is 0.584. The molecule has 106 valence electrons. The number of pyridine rings is 1. The summed E-state index contributed by atoms with van der Waals surface area (Å²) in [5, 5.41) is 17.3. The van der Waals surface area contributed by atoms with Crippen LogP contribution in [-0.4, -0.2) is 22.0 Å². The average molecular weight is 266 g/mol. The van der Waals surface area contributed by atoms with Crippen molar-refractivity contribution in [3.63, 3.8) is 0 Å². The lowest BCUT2D eigenvalue weighted by atomic mass is 10.0. The molecule has 0 radical (unpaired) electrons. The van der Waals surface area contributed by atoms with Gasteiger partial charge in [-0.1, -0.05) is 13.8 Å². The summed E-state index contributed by atoms with van der Waals surface area (Å²) >= 11 is 0. The fourth-order valence-electron chi connectivity index (χ4n) is 1.45. The van der Waals surface area contributed by atoms with E-state index < -0.39 is 4.92 Å². The molecule has 0 aliphatic rings. The molecule has 0 aliphatic heterocycles. The summed E-state index contributed by atoms with van der Waals surface area (Å²) in [5.41, 5.74) is -0.232. The van der Waals surface area contributed by atoms with E-state index in [0.29, 0.717) is 11.6 Å². The smallest absolute Gasteiger partial charge is 0.311 e. The van der Waals surface area contributed by atoms with Crippen LogP contribution in [0, 0.1) is 10.1 Å². The zero-order valence-corrected chi connectivity index (χ0v) is 12.0. The Balaban J connectivity index is 3.05. The number of hydrogen-bond acceptors (Lipinski definition) is 5. The van der Waals surface area contributed by atoms with Crippen LogP contribution in [-0.2, 0) is 0 Å². The third kappa shape index (κ3) is 4.39. The Labute approximate surface area is 113 Å². The minimum Gasteiger partial charge on any atom is -0.370 e. The molecule has 0 atom stereocenters. The molecule has 0 bridgehead atoms. The fraction of sp³-hybridized carbons (Fsp3) is 0.615.